The van der Waals surface area contributed by atoms with Gasteiger partial charge in [0.2, 0.25) is 16.8 Å². The zero-order valence-electron chi connectivity index (χ0n) is 16.8. The Morgan fingerprint density at radius 3 is 2.77 bits per heavy atom. The standard InChI is InChI=1S/C18H21IN6O4S2/c1-10(2)24-31(26,27)5-3-4-25-17-15(16(20)21-8-22-17)23-18(25)30-14-7-13-12(6-11(14)19)28-9-29-13/h6-8,10,24H,3-5,9H2,1-2H3,(H2,20,21,22). The molecule has 0 atom stereocenters. The van der Waals surface area contributed by atoms with E-state index in [0.717, 1.165) is 8.47 Å². The molecule has 1 aliphatic heterocycles. The topological polar surface area (TPSA) is 134 Å². The van der Waals surface area contributed by atoms with Gasteiger partial charge in [-0.25, -0.2) is 28.1 Å². The van der Waals surface area contributed by atoms with Crippen LogP contribution in [0, 0.1) is 3.57 Å². The van der Waals surface area contributed by atoms with E-state index in [4.69, 9.17) is 15.2 Å². The van der Waals surface area contributed by atoms with Crippen LogP contribution in [0.2, 0.25) is 0 Å². The van der Waals surface area contributed by atoms with Crippen molar-refractivity contribution >= 4 is 61.4 Å². The molecule has 0 unspecified atom stereocenters. The van der Waals surface area contributed by atoms with Crippen molar-refractivity contribution < 1.29 is 17.9 Å². The molecule has 0 fully saturated rings. The lowest BCUT2D eigenvalue weighted by molar-refractivity contribution is 0.174. The first-order chi connectivity index (χ1) is 14.7. The largest absolute Gasteiger partial charge is 0.454 e. The number of aryl methyl sites for hydroxylation is 1. The first-order valence-electron chi connectivity index (χ1n) is 9.47. The number of imidazole rings is 1. The van der Waals surface area contributed by atoms with Gasteiger partial charge in [0.05, 0.1) is 5.75 Å². The van der Waals surface area contributed by atoms with Crippen molar-refractivity contribution in [1.82, 2.24) is 24.2 Å². The van der Waals surface area contributed by atoms with E-state index in [0.29, 0.717) is 40.8 Å². The summed E-state index contributed by atoms with van der Waals surface area (Å²) in [5.74, 6) is 1.66. The molecule has 4 rings (SSSR count). The minimum Gasteiger partial charge on any atom is -0.454 e. The van der Waals surface area contributed by atoms with Gasteiger partial charge in [0.25, 0.3) is 0 Å². The number of nitrogens with two attached hydrogens (primary N) is 1. The molecule has 0 radical (unpaired) electrons. The van der Waals surface area contributed by atoms with Crippen LogP contribution < -0.4 is 19.9 Å². The lowest BCUT2D eigenvalue weighted by atomic mass is 10.3. The maximum Gasteiger partial charge on any atom is 0.231 e. The van der Waals surface area contributed by atoms with Gasteiger partial charge >= 0.3 is 0 Å². The van der Waals surface area contributed by atoms with Crippen LogP contribution in [0.3, 0.4) is 0 Å². The number of fused-ring (bicyclic) bond motifs is 2. The van der Waals surface area contributed by atoms with Gasteiger partial charge in [-0.3, -0.25) is 0 Å². The molecule has 0 spiro atoms. The van der Waals surface area contributed by atoms with Gasteiger partial charge in [0.1, 0.15) is 6.33 Å². The van der Waals surface area contributed by atoms with Gasteiger partial charge in [-0.15, -0.1) is 0 Å². The number of halogens is 1. The SMILES string of the molecule is CC(C)NS(=O)(=O)CCCn1c(Sc2cc3c(cc2I)OCO3)nc2c(N)ncnc21. The van der Waals surface area contributed by atoms with Crippen LogP contribution in [0.15, 0.2) is 28.5 Å². The average Bonchev–Trinajstić information content (AvgIpc) is 3.26. The normalized spacial score (nSPS) is 13.4. The van der Waals surface area contributed by atoms with Gasteiger partial charge in [0, 0.05) is 21.1 Å². The average molecular weight is 576 g/mol. The minimum atomic E-state index is -3.36. The fourth-order valence-electron chi connectivity index (χ4n) is 3.12. The Labute approximate surface area is 197 Å². The Bertz CT molecular complexity index is 1230. The molecule has 13 heteroatoms. The van der Waals surface area contributed by atoms with Gasteiger partial charge in [-0.2, -0.15) is 0 Å². The molecule has 0 amide bonds. The number of rotatable bonds is 8. The summed E-state index contributed by atoms with van der Waals surface area (Å²) in [4.78, 5) is 13.9. The Morgan fingerprint density at radius 1 is 1.29 bits per heavy atom. The molecule has 3 aromatic rings. The lowest BCUT2D eigenvalue weighted by Crippen LogP contribution is -2.32. The third-order valence-corrected chi connectivity index (χ3v) is 8.33. The van der Waals surface area contributed by atoms with E-state index in [9.17, 15) is 8.42 Å². The molecule has 1 aliphatic rings. The van der Waals surface area contributed by atoms with Crippen molar-refractivity contribution in [3.05, 3.63) is 22.0 Å². The zero-order valence-corrected chi connectivity index (χ0v) is 20.6. The quantitative estimate of drug-likeness (QED) is 0.388. The van der Waals surface area contributed by atoms with Crippen LogP contribution >= 0.6 is 34.4 Å². The third kappa shape index (κ3) is 4.99. The molecule has 0 bridgehead atoms. The number of nitrogens with zero attached hydrogens (tertiary/aromatic N) is 4. The van der Waals surface area contributed by atoms with Crippen molar-refractivity contribution in [2.45, 2.75) is 42.9 Å². The molecule has 166 valence electrons. The predicted octanol–water partition coefficient (Wildman–Crippen LogP) is 2.61. The molecule has 2 aromatic heterocycles. The molecule has 10 nitrogen and oxygen atoms in total. The van der Waals surface area contributed by atoms with E-state index in [1.54, 1.807) is 13.8 Å². The Morgan fingerprint density at radius 2 is 2.03 bits per heavy atom. The van der Waals surface area contributed by atoms with E-state index in [1.807, 2.05) is 16.7 Å². The summed E-state index contributed by atoms with van der Waals surface area (Å²) in [6.07, 6.45) is 1.77. The molecule has 0 saturated heterocycles. The van der Waals surface area contributed by atoms with Crippen molar-refractivity contribution in [3.63, 3.8) is 0 Å². The van der Waals surface area contributed by atoms with Crippen LogP contribution in [0.4, 0.5) is 5.82 Å². The summed E-state index contributed by atoms with van der Waals surface area (Å²) >= 11 is 3.66. The summed E-state index contributed by atoms with van der Waals surface area (Å²) in [7, 11) is -3.36. The smallest absolute Gasteiger partial charge is 0.231 e. The summed E-state index contributed by atoms with van der Waals surface area (Å²) in [6, 6.07) is 3.67. The van der Waals surface area contributed by atoms with E-state index in [1.165, 1.54) is 18.1 Å². The number of sulfonamides is 1. The van der Waals surface area contributed by atoms with Gasteiger partial charge < -0.3 is 19.8 Å². The molecule has 1 aromatic carbocycles. The van der Waals surface area contributed by atoms with Crippen LogP contribution in [0.1, 0.15) is 20.3 Å². The van der Waals surface area contributed by atoms with Crippen LogP contribution in [0.25, 0.3) is 11.2 Å². The van der Waals surface area contributed by atoms with Crippen molar-refractivity contribution in [2.75, 3.05) is 18.3 Å². The second-order valence-electron chi connectivity index (χ2n) is 7.16. The van der Waals surface area contributed by atoms with E-state index >= 15 is 0 Å². The minimum absolute atomic E-state index is 0.00289. The van der Waals surface area contributed by atoms with Crippen LogP contribution in [-0.2, 0) is 16.6 Å². The Hall–Kier alpha value is -1.84. The highest BCUT2D eigenvalue weighted by atomic mass is 127. The monoisotopic (exact) mass is 576 g/mol. The number of hydrogen-bond donors (Lipinski definition) is 2. The number of benzene rings is 1. The number of ether oxygens (including phenoxy) is 2. The maximum atomic E-state index is 12.2. The summed E-state index contributed by atoms with van der Waals surface area (Å²) in [6.45, 7) is 4.20. The van der Waals surface area contributed by atoms with Crippen molar-refractivity contribution in [1.29, 1.82) is 0 Å². The first-order valence-corrected chi connectivity index (χ1v) is 13.0. The summed E-state index contributed by atoms with van der Waals surface area (Å²) in [5.41, 5.74) is 7.07. The second kappa shape index (κ2) is 8.96. The predicted molar refractivity (Wildman–Crippen MR) is 126 cm³/mol. The number of nitrogen functional groups attached to an aromatic ring is 1. The first kappa shape index (κ1) is 22.4. The number of hydrogen-bond acceptors (Lipinski definition) is 9. The zero-order chi connectivity index (χ0) is 22.2. The Kier molecular flexibility index (Phi) is 6.46. The Balaban J connectivity index is 1.64. The van der Waals surface area contributed by atoms with Gasteiger partial charge in [0.15, 0.2) is 33.6 Å². The van der Waals surface area contributed by atoms with E-state index in [-0.39, 0.29) is 24.4 Å². The number of aromatic nitrogens is 4. The number of anilines is 1. The van der Waals surface area contributed by atoms with E-state index in [2.05, 4.69) is 42.3 Å². The fourth-order valence-corrected chi connectivity index (χ4v) is 6.18. The van der Waals surface area contributed by atoms with Crippen molar-refractivity contribution in [3.8, 4) is 11.5 Å². The molecule has 3 heterocycles. The highest BCUT2D eigenvalue weighted by Gasteiger charge is 2.21. The van der Waals surface area contributed by atoms with Crippen molar-refractivity contribution in [2.24, 2.45) is 0 Å². The molecular formula is C18H21IN6O4S2. The summed E-state index contributed by atoms with van der Waals surface area (Å²) in [5, 5.41) is 0.646. The fraction of sp³-hybridized carbons (Fsp3) is 0.389. The molecule has 0 aliphatic carbocycles. The summed E-state index contributed by atoms with van der Waals surface area (Å²) < 4.78 is 40.8. The highest BCUT2D eigenvalue weighted by molar-refractivity contribution is 14.1. The van der Waals surface area contributed by atoms with E-state index < -0.39 is 10.0 Å². The molecular weight excluding hydrogens is 555 g/mol. The van der Waals surface area contributed by atoms with Crippen LogP contribution in [0.5, 0.6) is 11.5 Å². The van der Waals surface area contributed by atoms with Gasteiger partial charge in [-0.05, 0) is 55.0 Å². The van der Waals surface area contributed by atoms with Crippen LogP contribution in [-0.4, -0.2) is 46.5 Å². The number of nitrogens with one attached hydrogen (secondary N) is 1. The molecule has 3 N–H and O–H groups in total. The van der Waals surface area contributed by atoms with Gasteiger partial charge in [-0.1, -0.05) is 11.8 Å². The second-order valence-corrected chi connectivity index (χ2v) is 11.2. The lowest BCUT2D eigenvalue weighted by Gasteiger charge is -2.11. The highest BCUT2D eigenvalue weighted by Crippen LogP contribution is 2.41. The third-order valence-electron chi connectivity index (χ3n) is 4.36. The maximum absolute atomic E-state index is 12.2. The molecule has 31 heavy (non-hydrogen) atoms. The molecule has 0 saturated carbocycles.